The van der Waals surface area contributed by atoms with Crippen molar-refractivity contribution in [1.29, 1.82) is 5.26 Å². The van der Waals surface area contributed by atoms with Crippen molar-refractivity contribution in [2.75, 3.05) is 13.1 Å². The van der Waals surface area contributed by atoms with E-state index in [4.69, 9.17) is 10.1 Å². The van der Waals surface area contributed by atoms with E-state index >= 15 is 0 Å². The molecule has 2 aromatic carbocycles. The summed E-state index contributed by atoms with van der Waals surface area (Å²) in [5.41, 5.74) is 6.48. The molecule has 0 unspecified atom stereocenters. The fourth-order valence-electron chi connectivity index (χ4n) is 3.69. The molecule has 1 aliphatic heterocycles. The van der Waals surface area contributed by atoms with Crippen LogP contribution in [0.4, 0.5) is 13.2 Å². The maximum atomic E-state index is 12.9. The van der Waals surface area contributed by atoms with Gasteiger partial charge in [0.05, 0.1) is 28.3 Å². The summed E-state index contributed by atoms with van der Waals surface area (Å²) in [6, 6.07) is 13.5. The molecule has 1 saturated carbocycles. The van der Waals surface area contributed by atoms with Crippen LogP contribution in [0.2, 0.25) is 0 Å². The second-order valence-electron chi connectivity index (χ2n) is 8.01. The van der Waals surface area contributed by atoms with Gasteiger partial charge in [0.25, 0.3) is 0 Å². The van der Waals surface area contributed by atoms with Crippen LogP contribution in [0.3, 0.4) is 0 Å². The van der Waals surface area contributed by atoms with Crippen LogP contribution in [0.1, 0.15) is 36.8 Å². The molecule has 7 nitrogen and oxygen atoms in total. The number of nitriles is 1. The second kappa shape index (κ2) is 9.66. The minimum absolute atomic E-state index is 0.0994. The van der Waals surface area contributed by atoms with Crippen LogP contribution in [-0.4, -0.2) is 38.3 Å². The number of allylic oxidation sites excluding steroid dienone is 1. The van der Waals surface area contributed by atoms with Crippen LogP contribution in [-0.2, 0) is 14.9 Å². The largest absolute Gasteiger partial charge is 0.573 e. The highest BCUT2D eigenvalue weighted by molar-refractivity contribution is 7.89. The molecule has 180 valence electrons. The third-order valence-electron chi connectivity index (χ3n) is 5.56. The van der Waals surface area contributed by atoms with Gasteiger partial charge in [-0.15, -0.1) is 13.2 Å². The molecule has 1 N–H and O–H groups in total. The molecule has 2 fully saturated rings. The monoisotopic (exact) mass is 493 g/mol. The maximum absolute atomic E-state index is 12.9. The van der Waals surface area contributed by atoms with Crippen LogP contribution < -0.4 is 10.2 Å². The van der Waals surface area contributed by atoms with Crippen LogP contribution >= 0.6 is 0 Å². The van der Waals surface area contributed by atoms with Gasteiger partial charge in [-0.1, -0.05) is 12.1 Å². The van der Waals surface area contributed by atoms with E-state index in [0.717, 1.165) is 48.4 Å². The lowest BCUT2D eigenvalue weighted by Gasteiger charge is -2.31. The van der Waals surface area contributed by atoms with Gasteiger partial charge in [-0.25, -0.2) is 8.42 Å². The molecule has 0 spiro atoms. The number of ether oxygens (including phenoxy) is 1. The Morgan fingerprint density at radius 3 is 2.35 bits per heavy atom. The van der Waals surface area contributed by atoms with E-state index < -0.39 is 22.1 Å². The number of alkyl halides is 3. The summed E-state index contributed by atoms with van der Waals surface area (Å²) in [5.74, 6) is -0.481. The summed E-state index contributed by atoms with van der Waals surface area (Å²) in [6.07, 6.45) is -2.27. The molecule has 0 radical (unpaired) electrons. The molecule has 0 atom stereocenters. The Morgan fingerprint density at radius 1 is 1.09 bits per heavy atom. The second-order valence-corrected chi connectivity index (χ2v) is 9.95. The van der Waals surface area contributed by atoms with Gasteiger partial charge in [-0.05, 0) is 67.7 Å². The minimum Gasteiger partial charge on any atom is -0.406 e. The van der Waals surface area contributed by atoms with Crippen LogP contribution in [0.5, 0.6) is 5.75 Å². The first-order valence-corrected chi connectivity index (χ1v) is 12.1. The molecule has 1 heterocycles. The van der Waals surface area contributed by atoms with Crippen LogP contribution in [0, 0.1) is 11.3 Å². The Balaban J connectivity index is 1.34. The fourth-order valence-corrected chi connectivity index (χ4v) is 5.16. The number of sulfonamides is 1. The zero-order valence-electron chi connectivity index (χ0n) is 18.0. The molecule has 4 rings (SSSR count). The van der Waals surface area contributed by atoms with E-state index in [0.29, 0.717) is 18.4 Å². The number of halogens is 3. The summed E-state index contributed by atoms with van der Waals surface area (Å²) in [4.78, 5) is 5.77. The van der Waals surface area contributed by atoms with Gasteiger partial charge >= 0.3 is 6.36 Å². The summed E-state index contributed by atoms with van der Waals surface area (Å²) in [5, 5.41) is 9.14. The van der Waals surface area contributed by atoms with E-state index in [9.17, 15) is 21.6 Å². The SMILES string of the molecule is N#Cc1cccc(C(NOC2CCN(S(=O)(=O)c3ccc(OC(F)(F)F)cc3)CC2)=C2CC2)c1. The van der Waals surface area contributed by atoms with Crippen LogP contribution in [0.25, 0.3) is 5.70 Å². The van der Waals surface area contributed by atoms with Gasteiger partial charge in [0.2, 0.25) is 10.0 Å². The Morgan fingerprint density at radius 2 is 1.76 bits per heavy atom. The lowest BCUT2D eigenvalue weighted by molar-refractivity contribution is -0.274. The van der Waals surface area contributed by atoms with Crippen molar-refractivity contribution < 1.29 is 31.2 Å². The summed E-state index contributed by atoms with van der Waals surface area (Å²) in [7, 11) is -3.85. The molecule has 0 aromatic heterocycles. The maximum Gasteiger partial charge on any atom is 0.573 e. The van der Waals surface area contributed by atoms with Crippen molar-refractivity contribution in [3.05, 3.63) is 65.2 Å². The molecule has 34 heavy (non-hydrogen) atoms. The van der Waals surface area contributed by atoms with Crippen LogP contribution in [0.15, 0.2) is 59.0 Å². The van der Waals surface area contributed by atoms with E-state index in [1.807, 2.05) is 12.1 Å². The highest BCUT2D eigenvalue weighted by Gasteiger charge is 2.33. The minimum atomic E-state index is -4.84. The molecule has 2 aliphatic rings. The van der Waals surface area contributed by atoms with E-state index in [-0.39, 0.29) is 24.1 Å². The van der Waals surface area contributed by atoms with Gasteiger partial charge in [-0.2, -0.15) is 9.57 Å². The zero-order valence-corrected chi connectivity index (χ0v) is 18.8. The number of piperidine rings is 1. The van der Waals surface area contributed by atoms with Gasteiger partial charge in [-0.3, -0.25) is 10.3 Å². The van der Waals surface area contributed by atoms with Crippen molar-refractivity contribution in [3.63, 3.8) is 0 Å². The number of hydroxylamine groups is 1. The van der Waals surface area contributed by atoms with Crippen molar-refractivity contribution in [3.8, 4) is 11.8 Å². The molecule has 0 bridgehead atoms. The standard InChI is InChI=1S/C23H22F3N3O4S/c24-23(25,26)32-19-6-8-21(9-7-19)34(30,31)29-12-10-20(11-13-29)33-28-22(17-4-5-17)18-3-1-2-16(14-18)15-27/h1-3,6-9,14,20,28H,4-5,10-13H2. The number of nitrogens with one attached hydrogen (secondary N) is 1. The zero-order chi connectivity index (χ0) is 24.3. The number of rotatable bonds is 7. The van der Waals surface area contributed by atoms with Gasteiger partial charge < -0.3 is 4.74 Å². The van der Waals surface area contributed by atoms with Crippen molar-refractivity contribution in [2.24, 2.45) is 0 Å². The lowest BCUT2D eigenvalue weighted by atomic mass is 10.1. The Bertz CT molecular complexity index is 1210. The third-order valence-corrected chi connectivity index (χ3v) is 7.47. The molecule has 1 aliphatic carbocycles. The molecule has 0 amide bonds. The predicted octanol–water partition coefficient (Wildman–Crippen LogP) is 4.34. The van der Waals surface area contributed by atoms with Crippen molar-refractivity contribution >= 4 is 15.7 Å². The smallest absolute Gasteiger partial charge is 0.406 e. The first-order valence-electron chi connectivity index (χ1n) is 10.7. The normalized spacial score (nSPS) is 17.2. The quantitative estimate of drug-likeness (QED) is 0.577. The average molecular weight is 494 g/mol. The number of hydrogen-bond acceptors (Lipinski definition) is 6. The summed E-state index contributed by atoms with van der Waals surface area (Å²) >= 11 is 0. The summed E-state index contributed by atoms with van der Waals surface area (Å²) in [6.45, 7) is 0.427. The Kier molecular flexibility index (Phi) is 6.84. The Labute approximate surface area is 195 Å². The van der Waals surface area contributed by atoms with E-state index in [1.54, 1.807) is 12.1 Å². The molecule has 11 heteroatoms. The molecule has 1 saturated heterocycles. The fraction of sp³-hybridized carbons (Fsp3) is 0.348. The number of benzene rings is 2. The summed E-state index contributed by atoms with van der Waals surface area (Å²) < 4.78 is 67.8. The highest BCUT2D eigenvalue weighted by atomic mass is 32.2. The number of nitrogens with zero attached hydrogens (tertiary/aromatic N) is 2. The van der Waals surface area contributed by atoms with Gasteiger partial charge in [0.15, 0.2) is 0 Å². The van der Waals surface area contributed by atoms with Crippen molar-refractivity contribution in [1.82, 2.24) is 9.79 Å². The van der Waals surface area contributed by atoms with E-state index in [2.05, 4.69) is 16.3 Å². The van der Waals surface area contributed by atoms with E-state index in [1.165, 1.54) is 9.88 Å². The first-order chi connectivity index (χ1) is 16.2. The average Bonchev–Trinajstić information content (AvgIpc) is 3.64. The number of hydrogen-bond donors (Lipinski definition) is 1. The third kappa shape index (κ3) is 5.88. The van der Waals surface area contributed by atoms with Gasteiger partial charge in [0, 0.05) is 18.7 Å². The molecule has 2 aromatic rings. The van der Waals surface area contributed by atoms with Crippen molar-refractivity contribution in [2.45, 2.75) is 43.0 Å². The highest BCUT2D eigenvalue weighted by Crippen LogP contribution is 2.35. The lowest BCUT2D eigenvalue weighted by Crippen LogP contribution is -2.42. The van der Waals surface area contributed by atoms with Gasteiger partial charge in [0.1, 0.15) is 5.75 Å². The molecular formula is C23H22F3N3O4S. The predicted molar refractivity (Wildman–Crippen MR) is 116 cm³/mol. The topological polar surface area (TPSA) is 91.7 Å². The molecular weight excluding hydrogens is 471 g/mol. The first kappa shape index (κ1) is 24.1. The Hall–Kier alpha value is -3.07.